The summed E-state index contributed by atoms with van der Waals surface area (Å²) in [5.41, 5.74) is 9.56. The second-order valence-corrected chi connectivity index (χ2v) is 5.51. The first-order valence-electron chi connectivity index (χ1n) is 5.88. The van der Waals surface area contributed by atoms with Gasteiger partial charge in [-0.1, -0.05) is 25.0 Å². The summed E-state index contributed by atoms with van der Waals surface area (Å²) in [5, 5.41) is 0. The number of nitrogens with two attached hydrogens (primary N) is 1. The van der Waals surface area contributed by atoms with Gasteiger partial charge in [0, 0.05) is 6.04 Å². The van der Waals surface area contributed by atoms with Crippen molar-refractivity contribution in [1.29, 1.82) is 0 Å². The Bertz CT molecular complexity index is 229. The van der Waals surface area contributed by atoms with Crippen LogP contribution in [0.3, 0.4) is 0 Å². The van der Waals surface area contributed by atoms with E-state index in [9.17, 15) is 0 Å². The SMILES string of the molecule is CC1=C(CCC(C)N)C(C)(C)CCC1.Cl. The minimum absolute atomic E-state index is 0. The van der Waals surface area contributed by atoms with Crippen molar-refractivity contribution in [3.05, 3.63) is 11.1 Å². The third kappa shape index (κ3) is 4.16. The van der Waals surface area contributed by atoms with Crippen LogP contribution in [0.5, 0.6) is 0 Å². The van der Waals surface area contributed by atoms with E-state index in [1.807, 2.05) is 0 Å². The van der Waals surface area contributed by atoms with Crippen molar-refractivity contribution in [3.63, 3.8) is 0 Å². The first-order chi connectivity index (χ1) is 6.43. The number of allylic oxidation sites excluding steroid dienone is 2. The highest BCUT2D eigenvalue weighted by atomic mass is 35.5. The third-order valence-corrected chi connectivity index (χ3v) is 3.54. The largest absolute Gasteiger partial charge is 0.328 e. The lowest BCUT2D eigenvalue weighted by atomic mass is 9.71. The molecule has 0 saturated heterocycles. The zero-order valence-corrected chi connectivity index (χ0v) is 11.4. The van der Waals surface area contributed by atoms with Gasteiger partial charge in [0.05, 0.1) is 0 Å². The Morgan fingerprint density at radius 2 is 2.00 bits per heavy atom. The van der Waals surface area contributed by atoms with E-state index in [-0.39, 0.29) is 12.4 Å². The monoisotopic (exact) mass is 231 g/mol. The van der Waals surface area contributed by atoms with Crippen molar-refractivity contribution in [2.75, 3.05) is 0 Å². The molecule has 0 bridgehead atoms. The normalized spacial score (nSPS) is 22.2. The zero-order chi connectivity index (χ0) is 10.8. The van der Waals surface area contributed by atoms with Crippen LogP contribution in [0.4, 0.5) is 0 Å². The van der Waals surface area contributed by atoms with E-state index in [2.05, 4.69) is 27.7 Å². The van der Waals surface area contributed by atoms with Crippen LogP contribution < -0.4 is 5.73 Å². The lowest BCUT2D eigenvalue weighted by Crippen LogP contribution is -2.23. The molecular weight excluding hydrogens is 206 g/mol. The molecule has 1 aliphatic rings. The molecule has 15 heavy (non-hydrogen) atoms. The average molecular weight is 232 g/mol. The molecule has 0 aromatic carbocycles. The Labute approximate surface area is 101 Å². The number of rotatable bonds is 3. The Hall–Kier alpha value is -0.0100. The Morgan fingerprint density at radius 3 is 2.47 bits per heavy atom. The van der Waals surface area contributed by atoms with Crippen molar-refractivity contribution in [1.82, 2.24) is 0 Å². The quantitative estimate of drug-likeness (QED) is 0.729. The van der Waals surface area contributed by atoms with Crippen molar-refractivity contribution >= 4 is 12.4 Å². The number of hydrogen-bond donors (Lipinski definition) is 1. The van der Waals surface area contributed by atoms with E-state index < -0.39 is 0 Å². The molecule has 0 aromatic heterocycles. The van der Waals surface area contributed by atoms with Crippen LogP contribution >= 0.6 is 12.4 Å². The maximum atomic E-state index is 5.82. The lowest BCUT2D eigenvalue weighted by Gasteiger charge is -2.35. The van der Waals surface area contributed by atoms with Gasteiger partial charge in [-0.05, 0) is 51.4 Å². The van der Waals surface area contributed by atoms with Gasteiger partial charge in [0.2, 0.25) is 0 Å². The predicted octanol–water partition coefficient (Wildman–Crippen LogP) is 4.06. The van der Waals surface area contributed by atoms with Crippen molar-refractivity contribution in [3.8, 4) is 0 Å². The van der Waals surface area contributed by atoms with Gasteiger partial charge in [0.25, 0.3) is 0 Å². The fraction of sp³-hybridized carbons (Fsp3) is 0.846. The van der Waals surface area contributed by atoms with Crippen LogP contribution in [0.15, 0.2) is 11.1 Å². The minimum atomic E-state index is 0. The lowest BCUT2D eigenvalue weighted by molar-refractivity contribution is 0.349. The zero-order valence-electron chi connectivity index (χ0n) is 10.6. The van der Waals surface area contributed by atoms with E-state index in [4.69, 9.17) is 5.73 Å². The standard InChI is InChI=1S/C13H25N.ClH/c1-10-6-5-9-13(3,4)12(10)8-7-11(2)14;/h11H,5-9,14H2,1-4H3;1H. The fourth-order valence-corrected chi connectivity index (χ4v) is 2.60. The minimum Gasteiger partial charge on any atom is -0.328 e. The summed E-state index contributed by atoms with van der Waals surface area (Å²) in [6.45, 7) is 9.17. The molecule has 0 aliphatic heterocycles. The van der Waals surface area contributed by atoms with E-state index >= 15 is 0 Å². The molecule has 1 nitrogen and oxygen atoms in total. The van der Waals surface area contributed by atoms with Crippen LogP contribution in [0.2, 0.25) is 0 Å². The molecule has 0 radical (unpaired) electrons. The molecule has 90 valence electrons. The van der Waals surface area contributed by atoms with Gasteiger partial charge in [-0.25, -0.2) is 0 Å². The molecular formula is C13H26ClN. The second kappa shape index (κ2) is 5.91. The molecule has 1 aliphatic carbocycles. The molecule has 2 N–H and O–H groups in total. The van der Waals surface area contributed by atoms with Crippen LogP contribution in [-0.2, 0) is 0 Å². The van der Waals surface area contributed by atoms with Crippen LogP contribution in [0.1, 0.15) is 59.8 Å². The van der Waals surface area contributed by atoms with E-state index in [0.717, 1.165) is 6.42 Å². The van der Waals surface area contributed by atoms with Gasteiger partial charge in [-0.3, -0.25) is 0 Å². The topological polar surface area (TPSA) is 26.0 Å². The fourth-order valence-electron chi connectivity index (χ4n) is 2.60. The third-order valence-electron chi connectivity index (χ3n) is 3.54. The van der Waals surface area contributed by atoms with E-state index in [0.29, 0.717) is 11.5 Å². The van der Waals surface area contributed by atoms with Crippen LogP contribution in [-0.4, -0.2) is 6.04 Å². The highest BCUT2D eigenvalue weighted by Gasteiger charge is 2.27. The Balaban J connectivity index is 0.00000196. The van der Waals surface area contributed by atoms with Crippen molar-refractivity contribution in [2.24, 2.45) is 11.1 Å². The van der Waals surface area contributed by atoms with Gasteiger partial charge in [-0.2, -0.15) is 0 Å². The van der Waals surface area contributed by atoms with Crippen LogP contribution in [0.25, 0.3) is 0 Å². The number of halogens is 1. The summed E-state index contributed by atoms with van der Waals surface area (Å²) in [6, 6.07) is 0.341. The highest BCUT2D eigenvalue weighted by molar-refractivity contribution is 5.85. The smallest absolute Gasteiger partial charge is 0.00135 e. The predicted molar refractivity (Wildman–Crippen MR) is 70.5 cm³/mol. The summed E-state index contributed by atoms with van der Waals surface area (Å²) in [6.07, 6.45) is 6.35. The van der Waals surface area contributed by atoms with Crippen molar-refractivity contribution in [2.45, 2.75) is 65.8 Å². The summed E-state index contributed by atoms with van der Waals surface area (Å²) in [7, 11) is 0. The van der Waals surface area contributed by atoms with Gasteiger partial charge in [0.15, 0.2) is 0 Å². The molecule has 0 aromatic rings. The summed E-state index contributed by atoms with van der Waals surface area (Å²) in [4.78, 5) is 0. The van der Waals surface area contributed by atoms with Crippen molar-refractivity contribution < 1.29 is 0 Å². The molecule has 2 heteroatoms. The molecule has 0 heterocycles. The summed E-state index contributed by atoms with van der Waals surface area (Å²) in [5.74, 6) is 0. The first kappa shape index (κ1) is 15.0. The molecule has 0 fully saturated rings. The molecule has 1 unspecified atom stereocenters. The van der Waals surface area contributed by atoms with Gasteiger partial charge < -0.3 is 5.73 Å². The number of hydrogen-bond acceptors (Lipinski definition) is 1. The Morgan fingerprint density at radius 1 is 1.40 bits per heavy atom. The summed E-state index contributed by atoms with van der Waals surface area (Å²) < 4.78 is 0. The molecule has 1 atom stereocenters. The Kier molecular flexibility index (Phi) is 5.90. The molecule has 0 spiro atoms. The first-order valence-corrected chi connectivity index (χ1v) is 5.88. The van der Waals surface area contributed by atoms with Crippen LogP contribution in [0, 0.1) is 5.41 Å². The molecule has 1 rings (SSSR count). The molecule has 0 saturated carbocycles. The summed E-state index contributed by atoms with van der Waals surface area (Å²) >= 11 is 0. The average Bonchev–Trinajstić information content (AvgIpc) is 2.01. The maximum absolute atomic E-state index is 5.82. The van der Waals surface area contributed by atoms with E-state index in [1.165, 1.54) is 25.7 Å². The molecule has 0 amide bonds. The van der Waals surface area contributed by atoms with Gasteiger partial charge in [0.1, 0.15) is 0 Å². The van der Waals surface area contributed by atoms with Gasteiger partial charge >= 0.3 is 0 Å². The maximum Gasteiger partial charge on any atom is 0.00135 e. The second-order valence-electron chi connectivity index (χ2n) is 5.51. The highest BCUT2D eigenvalue weighted by Crippen LogP contribution is 2.42. The van der Waals surface area contributed by atoms with Gasteiger partial charge in [-0.15, -0.1) is 12.4 Å². The van der Waals surface area contributed by atoms with E-state index in [1.54, 1.807) is 11.1 Å².